The predicted octanol–water partition coefficient (Wildman–Crippen LogP) is 4.86. The van der Waals surface area contributed by atoms with E-state index >= 15 is 0 Å². The van der Waals surface area contributed by atoms with Gasteiger partial charge in [-0.05, 0) is 36.8 Å². The van der Waals surface area contributed by atoms with Crippen molar-refractivity contribution in [1.29, 1.82) is 0 Å². The van der Waals surface area contributed by atoms with E-state index in [4.69, 9.17) is 0 Å². The molecule has 3 heterocycles. The Bertz CT molecular complexity index is 855. The first-order valence-electron chi connectivity index (χ1n) is 7.03. The number of aryl methyl sites for hydroxylation is 1. The summed E-state index contributed by atoms with van der Waals surface area (Å²) in [6.07, 6.45) is 0.991. The summed E-state index contributed by atoms with van der Waals surface area (Å²) in [4.78, 5) is 12.2. The SMILES string of the molecule is Cc1cc(Nc2cc(C(F)(F)F)ccn2)nc(-c2cc[c-]nc2)c1.[CH3-].[Y]. The zero-order valence-corrected chi connectivity index (χ0v) is 17.0. The van der Waals surface area contributed by atoms with Crippen LogP contribution in [0.4, 0.5) is 24.8 Å². The van der Waals surface area contributed by atoms with Crippen molar-refractivity contribution < 1.29 is 45.9 Å². The third kappa shape index (κ3) is 5.57. The first-order chi connectivity index (χ1) is 11.4. The molecule has 4 nitrogen and oxygen atoms in total. The molecule has 133 valence electrons. The Balaban J connectivity index is 0.00000169. The van der Waals surface area contributed by atoms with Crippen molar-refractivity contribution in [2.24, 2.45) is 0 Å². The minimum atomic E-state index is -4.42. The largest absolute Gasteiger partial charge is 0.416 e. The number of rotatable bonds is 3. The molecular formula is C18H15F3N4Y-2. The van der Waals surface area contributed by atoms with Crippen LogP contribution in [0.3, 0.4) is 0 Å². The van der Waals surface area contributed by atoms with Gasteiger partial charge in [-0.15, -0.1) is 0 Å². The van der Waals surface area contributed by atoms with Gasteiger partial charge in [0.25, 0.3) is 0 Å². The van der Waals surface area contributed by atoms with Crippen molar-refractivity contribution in [1.82, 2.24) is 15.0 Å². The van der Waals surface area contributed by atoms with E-state index in [-0.39, 0.29) is 46.0 Å². The van der Waals surface area contributed by atoms with Gasteiger partial charge in [0.1, 0.15) is 11.6 Å². The topological polar surface area (TPSA) is 50.7 Å². The Morgan fingerprint density at radius 2 is 1.85 bits per heavy atom. The van der Waals surface area contributed by atoms with Crippen molar-refractivity contribution >= 4 is 11.6 Å². The third-order valence-electron chi connectivity index (χ3n) is 3.22. The second kappa shape index (κ2) is 9.19. The van der Waals surface area contributed by atoms with E-state index < -0.39 is 11.7 Å². The second-order valence-electron chi connectivity index (χ2n) is 5.14. The molecule has 26 heavy (non-hydrogen) atoms. The van der Waals surface area contributed by atoms with Crippen molar-refractivity contribution in [3.05, 3.63) is 73.5 Å². The van der Waals surface area contributed by atoms with Gasteiger partial charge >= 0.3 is 6.18 Å². The van der Waals surface area contributed by atoms with E-state index in [2.05, 4.69) is 26.5 Å². The van der Waals surface area contributed by atoms with Crippen molar-refractivity contribution in [2.75, 3.05) is 5.32 Å². The van der Waals surface area contributed by atoms with Gasteiger partial charge < -0.3 is 17.7 Å². The van der Waals surface area contributed by atoms with E-state index in [1.807, 2.05) is 13.0 Å². The number of hydrogen-bond acceptors (Lipinski definition) is 4. The Labute approximate surface area is 175 Å². The maximum absolute atomic E-state index is 12.8. The number of alkyl halides is 3. The first kappa shape index (κ1) is 22.2. The minimum Gasteiger partial charge on any atom is -0.394 e. The maximum Gasteiger partial charge on any atom is 0.416 e. The van der Waals surface area contributed by atoms with Crippen LogP contribution in [0, 0.1) is 20.5 Å². The molecule has 0 aliphatic carbocycles. The molecule has 1 radical (unpaired) electrons. The van der Waals surface area contributed by atoms with Crippen molar-refractivity contribution in [3.63, 3.8) is 0 Å². The van der Waals surface area contributed by atoms with Gasteiger partial charge in [-0.1, -0.05) is 18.0 Å². The van der Waals surface area contributed by atoms with E-state index in [1.54, 1.807) is 24.4 Å². The second-order valence-corrected chi connectivity index (χ2v) is 5.14. The van der Waals surface area contributed by atoms with E-state index in [9.17, 15) is 13.2 Å². The molecule has 0 atom stereocenters. The fourth-order valence-corrected chi connectivity index (χ4v) is 2.16. The van der Waals surface area contributed by atoms with Crippen molar-refractivity contribution in [2.45, 2.75) is 13.1 Å². The molecule has 3 aromatic heterocycles. The molecule has 3 rings (SSSR count). The zero-order chi connectivity index (χ0) is 17.2. The average molecular weight is 433 g/mol. The number of halogens is 3. The summed E-state index contributed by atoms with van der Waals surface area (Å²) in [6, 6.07) is 8.94. The number of hydrogen-bond donors (Lipinski definition) is 1. The van der Waals surface area contributed by atoms with E-state index in [0.29, 0.717) is 11.5 Å². The van der Waals surface area contributed by atoms with Crippen LogP contribution in [-0.4, -0.2) is 15.0 Å². The Kier molecular flexibility index (Phi) is 7.84. The fraction of sp³-hybridized carbons (Fsp3) is 0.111. The van der Waals surface area contributed by atoms with E-state index in [0.717, 1.165) is 29.5 Å². The van der Waals surface area contributed by atoms with Gasteiger partial charge in [-0.25, -0.2) is 9.97 Å². The fourth-order valence-electron chi connectivity index (χ4n) is 2.16. The van der Waals surface area contributed by atoms with Crippen LogP contribution in [0.5, 0.6) is 0 Å². The first-order valence-corrected chi connectivity index (χ1v) is 7.03. The quantitative estimate of drug-likeness (QED) is 0.600. The van der Waals surface area contributed by atoms with Crippen molar-refractivity contribution in [3.8, 4) is 11.3 Å². The molecule has 3 aromatic rings. The molecule has 0 fully saturated rings. The van der Waals surface area contributed by atoms with E-state index in [1.165, 1.54) is 0 Å². The van der Waals surface area contributed by atoms with Gasteiger partial charge in [0.05, 0.1) is 11.3 Å². The number of nitrogens with one attached hydrogen (secondary N) is 1. The standard InChI is InChI=1S/C17H12F3N4.CH3.Y/c1-11-7-14(12-3-2-5-21-10-12)23-16(8-11)24-15-9-13(4-6-22-15)17(18,19)20;;/h2-4,6-10H,1H3,(H,22,23,24);1H3;/q2*-1;. The van der Waals surface area contributed by atoms with Crippen LogP contribution in [-0.2, 0) is 38.9 Å². The van der Waals surface area contributed by atoms with Gasteiger partial charge in [0.15, 0.2) is 0 Å². The molecule has 0 aliphatic rings. The molecule has 0 saturated heterocycles. The molecule has 0 unspecified atom stereocenters. The molecule has 0 amide bonds. The monoisotopic (exact) mass is 433 g/mol. The number of pyridine rings is 3. The van der Waals surface area contributed by atoms with Crippen LogP contribution in [0.1, 0.15) is 11.1 Å². The zero-order valence-electron chi connectivity index (χ0n) is 14.2. The minimum absolute atomic E-state index is 0. The van der Waals surface area contributed by atoms with Gasteiger partial charge in [-0.2, -0.15) is 25.3 Å². The van der Waals surface area contributed by atoms with Crippen LogP contribution in [0.25, 0.3) is 11.3 Å². The Morgan fingerprint density at radius 3 is 2.50 bits per heavy atom. The normalized spacial score (nSPS) is 10.5. The van der Waals surface area contributed by atoms with Gasteiger partial charge in [0.2, 0.25) is 0 Å². The number of anilines is 2. The molecule has 0 aliphatic heterocycles. The molecule has 8 heteroatoms. The summed E-state index contributed by atoms with van der Waals surface area (Å²) >= 11 is 0. The van der Waals surface area contributed by atoms with Crippen LogP contribution >= 0.6 is 0 Å². The molecule has 1 N–H and O–H groups in total. The smallest absolute Gasteiger partial charge is 0.394 e. The van der Waals surface area contributed by atoms with Crippen LogP contribution in [0.15, 0.2) is 48.8 Å². The summed E-state index contributed by atoms with van der Waals surface area (Å²) < 4.78 is 38.3. The number of nitrogens with zero attached hydrogens (tertiary/aromatic N) is 3. The molecule has 0 bridgehead atoms. The molecular weight excluding hydrogens is 418 g/mol. The third-order valence-corrected chi connectivity index (χ3v) is 3.22. The summed E-state index contributed by atoms with van der Waals surface area (Å²) in [5.74, 6) is 0.484. The molecule has 0 spiro atoms. The summed E-state index contributed by atoms with van der Waals surface area (Å²) in [5, 5.41) is 2.82. The molecule has 0 saturated carbocycles. The predicted molar refractivity (Wildman–Crippen MR) is 90.0 cm³/mol. The average Bonchev–Trinajstić information content (AvgIpc) is 2.54. The Morgan fingerprint density at radius 1 is 1.08 bits per heavy atom. The van der Waals surface area contributed by atoms with Crippen LogP contribution < -0.4 is 5.32 Å². The van der Waals surface area contributed by atoms with Gasteiger partial charge in [0, 0.05) is 38.9 Å². The van der Waals surface area contributed by atoms with Crippen LogP contribution in [0.2, 0.25) is 0 Å². The Hall–Kier alpha value is -1.86. The summed E-state index contributed by atoms with van der Waals surface area (Å²) in [5.41, 5.74) is 1.58. The van der Waals surface area contributed by atoms with Gasteiger partial charge in [-0.3, -0.25) is 0 Å². The number of aromatic nitrogens is 3. The molecule has 0 aromatic carbocycles. The maximum atomic E-state index is 12.8. The summed E-state index contributed by atoms with van der Waals surface area (Å²) in [7, 11) is 0. The summed E-state index contributed by atoms with van der Waals surface area (Å²) in [6.45, 7) is 1.87.